The maximum Gasteiger partial charge on any atom is 0.234 e. The van der Waals surface area contributed by atoms with E-state index in [1.807, 2.05) is 24.3 Å². The first-order chi connectivity index (χ1) is 10.7. The van der Waals surface area contributed by atoms with E-state index in [-0.39, 0.29) is 5.91 Å². The molecule has 1 aliphatic rings. The van der Waals surface area contributed by atoms with Crippen LogP contribution in [0.25, 0.3) is 5.69 Å². The van der Waals surface area contributed by atoms with Gasteiger partial charge in [-0.2, -0.15) is 0 Å². The number of hydrogen-bond donors (Lipinski definition) is 2. The summed E-state index contributed by atoms with van der Waals surface area (Å²) in [7, 11) is 1.62. The van der Waals surface area contributed by atoms with Crippen LogP contribution in [0.5, 0.6) is 0 Å². The van der Waals surface area contributed by atoms with E-state index in [4.69, 9.17) is 4.74 Å². The van der Waals surface area contributed by atoms with E-state index in [0.717, 1.165) is 18.7 Å². The minimum Gasteiger partial charge on any atom is -0.384 e. The molecule has 1 atom stereocenters. The maximum absolute atomic E-state index is 12.6. The minimum atomic E-state index is -0.514. The van der Waals surface area contributed by atoms with Crippen LogP contribution in [0, 0.1) is 5.41 Å². The summed E-state index contributed by atoms with van der Waals surface area (Å²) in [5.74, 6) is -0.0341. The number of nitrogens with one attached hydrogen (secondary N) is 2. The number of ether oxygens (including phenoxy) is 1. The Morgan fingerprint density at radius 3 is 3.14 bits per heavy atom. The lowest BCUT2D eigenvalue weighted by molar-refractivity contribution is -0.127. The van der Waals surface area contributed by atoms with Crippen LogP contribution in [0.3, 0.4) is 0 Å². The molecule has 2 heterocycles. The number of carbonyl (C=O) groups excluding carboxylic acids is 1. The second kappa shape index (κ2) is 6.20. The molecule has 1 unspecified atom stereocenters. The number of nitrogens with zero attached hydrogens (tertiary/aromatic N) is 4. The van der Waals surface area contributed by atoms with Crippen LogP contribution in [0.4, 0.5) is 5.69 Å². The second-order valence-electron chi connectivity index (χ2n) is 5.40. The van der Waals surface area contributed by atoms with Gasteiger partial charge in [0.1, 0.15) is 6.33 Å². The molecule has 0 bridgehead atoms. The number of anilines is 1. The van der Waals surface area contributed by atoms with E-state index in [9.17, 15) is 4.79 Å². The van der Waals surface area contributed by atoms with Crippen molar-refractivity contribution in [3.63, 3.8) is 0 Å². The van der Waals surface area contributed by atoms with Gasteiger partial charge in [0.05, 0.1) is 17.7 Å². The largest absolute Gasteiger partial charge is 0.384 e. The number of hydrogen-bond acceptors (Lipinski definition) is 6. The van der Waals surface area contributed by atoms with Crippen LogP contribution >= 0.6 is 0 Å². The summed E-state index contributed by atoms with van der Waals surface area (Å²) in [6.45, 7) is 1.85. The molecule has 0 radical (unpaired) electrons. The zero-order valence-corrected chi connectivity index (χ0v) is 12.3. The van der Waals surface area contributed by atoms with Gasteiger partial charge in [0.25, 0.3) is 0 Å². The molecule has 1 amide bonds. The summed E-state index contributed by atoms with van der Waals surface area (Å²) in [5.41, 5.74) is 0.980. The van der Waals surface area contributed by atoms with Crippen molar-refractivity contribution in [3.05, 3.63) is 30.6 Å². The van der Waals surface area contributed by atoms with Crippen molar-refractivity contribution in [2.24, 2.45) is 5.41 Å². The molecule has 1 aromatic carbocycles. The zero-order valence-electron chi connectivity index (χ0n) is 12.3. The fourth-order valence-electron chi connectivity index (χ4n) is 2.67. The average molecular weight is 302 g/mol. The Kier molecular flexibility index (Phi) is 4.12. The van der Waals surface area contributed by atoms with Gasteiger partial charge < -0.3 is 15.4 Å². The van der Waals surface area contributed by atoms with Gasteiger partial charge in [-0.05, 0) is 41.6 Å². The van der Waals surface area contributed by atoms with E-state index < -0.39 is 5.41 Å². The number of rotatable bonds is 5. The fourth-order valence-corrected chi connectivity index (χ4v) is 2.67. The van der Waals surface area contributed by atoms with Crippen molar-refractivity contribution in [1.29, 1.82) is 0 Å². The van der Waals surface area contributed by atoms with Gasteiger partial charge in [-0.15, -0.1) is 5.10 Å². The van der Waals surface area contributed by atoms with Crippen LogP contribution in [-0.2, 0) is 9.53 Å². The topological polar surface area (TPSA) is 94.0 Å². The monoisotopic (exact) mass is 302 g/mol. The molecule has 8 nitrogen and oxygen atoms in total. The molecule has 0 spiro atoms. The van der Waals surface area contributed by atoms with Gasteiger partial charge >= 0.3 is 0 Å². The molecule has 0 aliphatic carbocycles. The Hall–Kier alpha value is -2.32. The number of methoxy groups -OCH3 is 1. The highest BCUT2D eigenvalue weighted by molar-refractivity contribution is 5.96. The van der Waals surface area contributed by atoms with Crippen molar-refractivity contribution in [3.8, 4) is 5.69 Å². The van der Waals surface area contributed by atoms with Crippen LogP contribution < -0.4 is 10.6 Å². The number of benzene rings is 1. The smallest absolute Gasteiger partial charge is 0.234 e. The van der Waals surface area contributed by atoms with Gasteiger partial charge in [-0.25, -0.2) is 4.68 Å². The zero-order chi connectivity index (χ0) is 15.4. The predicted molar refractivity (Wildman–Crippen MR) is 79.6 cm³/mol. The Labute approximate surface area is 127 Å². The first-order valence-corrected chi connectivity index (χ1v) is 7.08. The quantitative estimate of drug-likeness (QED) is 0.821. The van der Waals surface area contributed by atoms with Crippen LogP contribution in [0.15, 0.2) is 30.6 Å². The molecule has 1 aliphatic heterocycles. The highest BCUT2D eigenvalue weighted by Crippen LogP contribution is 2.28. The lowest BCUT2D eigenvalue weighted by Crippen LogP contribution is -2.41. The van der Waals surface area contributed by atoms with Crippen molar-refractivity contribution in [1.82, 2.24) is 25.5 Å². The highest BCUT2D eigenvalue weighted by atomic mass is 16.5. The molecular weight excluding hydrogens is 284 g/mol. The third-order valence-corrected chi connectivity index (χ3v) is 3.86. The summed E-state index contributed by atoms with van der Waals surface area (Å²) in [6.07, 6.45) is 2.27. The average Bonchev–Trinajstić information content (AvgIpc) is 3.20. The van der Waals surface area contributed by atoms with Crippen molar-refractivity contribution in [2.45, 2.75) is 6.42 Å². The molecule has 1 saturated heterocycles. The van der Waals surface area contributed by atoms with Crippen LogP contribution in [-0.4, -0.2) is 52.9 Å². The molecule has 22 heavy (non-hydrogen) atoms. The van der Waals surface area contributed by atoms with Crippen LogP contribution in [0.1, 0.15) is 6.42 Å². The Bertz CT molecular complexity index is 637. The van der Waals surface area contributed by atoms with Crippen molar-refractivity contribution >= 4 is 11.6 Å². The first kappa shape index (κ1) is 14.6. The molecule has 3 rings (SSSR count). The van der Waals surface area contributed by atoms with Gasteiger partial charge in [-0.1, -0.05) is 6.07 Å². The predicted octanol–water partition coefficient (Wildman–Crippen LogP) is 0.227. The molecule has 1 fully saturated rings. The first-order valence-electron chi connectivity index (χ1n) is 7.08. The third kappa shape index (κ3) is 2.83. The van der Waals surface area contributed by atoms with E-state index >= 15 is 0 Å². The van der Waals surface area contributed by atoms with Gasteiger partial charge in [0, 0.05) is 19.3 Å². The molecule has 2 N–H and O–H groups in total. The van der Waals surface area contributed by atoms with Crippen LogP contribution in [0.2, 0.25) is 0 Å². The normalized spacial score (nSPS) is 21.0. The summed E-state index contributed by atoms with van der Waals surface area (Å²) in [5, 5.41) is 17.3. The lowest BCUT2D eigenvalue weighted by atomic mass is 9.87. The number of aromatic nitrogens is 4. The molecular formula is C14H18N6O2. The van der Waals surface area contributed by atoms with E-state index in [1.165, 1.54) is 11.0 Å². The van der Waals surface area contributed by atoms with E-state index in [1.54, 1.807) is 7.11 Å². The van der Waals surface area contributed by atoms with Gasteiger partial charge in [0.2, 0.25) is 5.91 Å². The Morgan fingerprint density at radius 2 is 2.45 bits per heavy atom. The SMILES string of the molecule is COCC1(C(=O)Nc2cccc(-n3cnnn3)c2)CCNC1. The van der Waals surface area contributed by atoms with Crippen molar-refractivity contribution < 1.29 is 9.53 Å². The standard InChI is InChI=1S/C14H18N6O2/c1-22-9-14(5-6-15-8-14)13(21)17-11-3-2-4-12(7-11)20-10-16-18-19-20/h2-4,7,10,15H,5-6,8-9H2,1H3,(H,17,21). The summed E-state index contributed by atoms with van der Waals surface area (Å²) in [6, 6.07) is 7.39. The lowest BCUT2D eigenvalue weighted by Gasteiger charge is -2.26. The second-order valence-corrected chi connectivity index (χ2v) is 5.40. The molecule has 116 valence electrons. The Morgan fingerprint density at radius 1 is 1.55 bits per heavy atom. The van der Waals surface area contributed by atoms with E-state index in [0.29, 0.717) is 18.8 Å². The molecule has 8 heteroatoms. The summed E-state index contributed by atoms with van der Waals surface area (Å²) >= 11 is 0. The van der Waals surface area contributed by atoms with Gasteiger partial charge in [0.15, 0.2) is 0 Å². The van der Waals surface area contributed by atoms with Crippen molar-refractivity contribution in [2.75, 3.05) is 32.1 Å². The van der Waals surface area contributed by atoms with E-state index in [2.05, 4.69) is 26.2 Å². The maximum atomic E-state index is 12.6. The molecule has 0 saturated carbocycles. The number of amides is 1. The van der Waals surface area contributed by atoms with Gasteiger partial charge in [-0.3, -0.25) is 4.79 Å². The minimum absolute atomic E-state index is 0.0341. The molecule has 1 aromatic heterocycles. The number of tetrazole rings is 1. The number of carbonyl (C=O) groups is 1. The Balaban J connectivity index is 1.78. The highest BCUT2D eigenvalue weighted by Gasteiger charge is 2.41. The molecule has 2 aromatic rings. The summed E-state index contributed by atoms with van der Waals surface area (Å²) < 4.78 is 6.78. The summed E-state index contributed by atoms with van der Waals surface area (Å²) in [4.78, 5) is 12.6. The fraction of sp³-hybridized carbons (Fsp3) is 0.429. The third-order valence-electron chi connectivity index (χ3n) is 3.86.